The summed E-state index contributed by atoms with van der Waals surface area (Å²) in [5.74, 6) is 0. The van der Waals surface area contributed by atoms with Crippen LogP contribution in [0.3, 0.4) is 0 Å². The second-order valence-corrected chi connectivity index (χ2v) is 4.70. The molecule has 0 bridgehead atoms. The van der Waals surface area contributed by atoms with Gasteiger partial charge in [-0.15, -0.1) is 11.3 Å². The molecule has 4 nitrogen and oxygen atoms in total. The Labute approximate surface area is 96.3 Å². The fourth-order valence-corrected chi connectivity index (χ4v) is 2.31. The number of aromatic nitrogens is 2. The number of aldehydes is 2. The van der Waals surface area contributed by atoms with Gasteiger partial charge in [-0.3, -0.25) is 9.59 Å². The van der Waals surface area contributed by atoms with E-state index in [1.165, 1.54) is 11.3 Å². The van der Waals surface area contributed by atoms with Gasteiger partial charge in [0.1, 0.15) is 5.01 Å². The van der Waals surface area contributed by atoms with Gasteiger partial charge in [-0.1, -0.05) is 0 Å². The summed E-state index contributed by atoms with van der Waals surface area (Å²) in [4.78, 5) is 30.0. The van der Waals surface area contributed by atoms with Crippen LogP contribution >= 0.6 is 11.3 Å². The van der Waals surface area contributed by atoms with Crippen LogP contribution in [0.25, 0.3) is 10.7 Å². The van der Waals surface area contributed by atoms with Crippen LogP contribution in [0.1, 0.15) is 31.3 Å². The maximum absolute atomic E-state index is 11.0. The molecular formula is C11H10N2O2S. The molecule has 2 aromatic rings. The third-order valence-corrected chi connectivity index (χ3v) is 3.34. The number of carbonyl (C=O) groups excluding carboxylic acids is 2. The zero-order chi connectivity index (χ0) is 11.7. The van der Waals surface area contributed by atoms with E-state index in [0.717, 1.165) is 16.2 Å². The predicted molar refractivity (Wildman–Crippen MR) is 62.1 cm³/mol. The number of carbonyl (C=O) groups is 2. The molecule has 16 heavy (non-hydrogen) atoms. The van der Waals surface area contributed by atoms with Gasteiger partial charge in [-0.2, -0.15) is 0 Å². The van der Waals surface area contributed by atoms with Crippen LogP contribution in [-0.2, 0) is 0 Å². The summed E-state index contributed by atoms with van der Waals surface area (Å²) in [7, 11) is 0. The van der Waals surface area contributed by atoms with Gasteiger partial charge in [-0.05, 0) is 19.4 Å². The zero-order valence-electron chi connectivity index (χ0n) is 8.90. The summed E-state index contributed by atoms with van der Waals surface area (Å²) >= 11 is 1.49. The quantitative estimate of drug-likeness (QED) is 0.829. The topological polar surface area (TPSA) is 62.8 Å². The van der Waals surface area contributed by atoms with E-state index < -0.39 is 0 Å². The molecule has 2 aromatic heterocycles. The average molecular weight is 234 g/mol. The van der Waals surface area contributed by atoms with E-state index in [2.05, 4.69) is 9.97 Å². The molecule has 0 atom stereocenters. The molecule has 0 spiro atoms. The molecule has 2 heterocycles. The van der Waals surface area contributed by atoms with E-state index in [1.54, 1.807) is 13.1 Å². The maximum Gasteiger partial charge on any atom is 0.166 e. The van der Waals surface area contributed by atoms with Gasteiger partial charge in [-0.25, -0.2) is 4.98 Å². The summed E-state index contributed by atoms with van der Waals surface area (Å²) in [6.07, 6.45) is 3.21. The highest BCUT2D eigenvalue weighted by Crippen LogP contribution is 2.29. The molecule has 0 unspecified atom stereocenters. The van der Waals surface area contributed by atoms with Crippen LogP contribution < -0.4 is 0 Å². The SMILES string of the molecule is Cc1cnc(-c2[nH]c(C=O)c(C)c2C=O)s1. The molecule has 82 valence electrons. The summed E-state index contributed by atoms with van der Waals surface area (Å²) < 4.78 is 0. The number of nitrogens with one attached hydrogen (secondary N) is 1. The number of aromatic amines is 1. The summed E-state index contributed by atoms with van der Waals surface area (Å²) in [6, 6.07) is 0. The number of aryl methyl sites for hydroxylation is 1. The minimum Gasteiger partial charge on any atom is -0.350 e. The first-order valence-corrected chi connectivity index (χ1v) is 5.54. The lowest BCUT2D eigenvalue weighted by molar-refractivity contribution is 0.111. The normalized spacial score (nSPS) is 10.4. The monoisotopic (exact) mass is 234 g/mol. The highest BCUT2D eigenvalue weighted by molar-refractivity contribution is 7.14. The smallest absolute Gasteiger partial charge is 0.166 e. The Kier molecular flexibility index (Phi) is 2.70. The number of thiazole rings is 1. The third kappa shape index (κ3) is 1.59. The van der Waals surface area contributed by atoms with Gasteiger partial charge in [0.15, 0.2) is 12.6 Å². The largest absolute Gasteiger partial charge is 0.350 e. The first-order chi connectivity index (χ1) is 7.67. The number of rotatable bonds is 3. The fourth-order valence-electron chi connectivity index (χ4n) is 1.53. The lowest BCUT2D eigenvalue weighted by Gasteiger charge is -1.92. The molecule has 0 radical (unpaired) electrons. The fraction of sp³-hybridized carbons (Fsp3) is 0.182. The van der Waals surface area contributed by atoms with Crippen LogP contribution in [-0.4, -0.2) is 22.5 Å². The van der Waals surface area contributed by atoms with E-state index in [1.807, 2.05) is 6.92 Å². The first kappa shape index (κ1) is 10.8. The number of hydrogen-bond acceptors (Lipinski definition) is 4. The third-order valence-electron chi connectivity index (χ3n) is 2.41. The van der Waals surface area contributed by atoms with Crippen LogP contribution in [0.15, 0.2) is 6.20 Å². The van der Waals surface area contributed by atoms with Gasteiger partial charge in [0.05, 0.1) is 11.4 Å². The Balaban J connectivity index is 2.64. The van der Waals surface area contributed by atoms with Crippen molar-refractivity contribution in [2.75, 3.05) is 0 Å². The van der Waals surface area contributed by atoms with E-state index in [4.69, 9.17) is 0 Å². The molecule has 5 heteroatoms. The van der Waals surface area contributed by atoms with E-state index in [-0.39, 0.29) is 0 Å². The molecule has 0 aliphatic heterocycles. The zero-order valence-corrected chi connectivity index (χ0v) is 9.72. The highest BCUT2D eigenvalue weighted by atomic mass is 32.1. The van der Waals surface area contributed by atoms with E-state index in [9.17, 15) is 9.59 Å². The van der Waals surface area contributed by atoms with Crippen LogP contribution in [0.2, 0.25) is 0 Å². The minimum atomic E-state index is 0.435. The summed E-state index contributed by atoms with van der Waals surface area (Å²) in [6.45, 7) is 3.69. The van der Waals surface area contributed by atoms with Crippen molar-refractivity contribution in [1.29, 1.82) is 0 Å². The van der Waals surface area contributed by atoms with Crippen molar-refractivity contribution in [2.45, 2.75) is 13.8 Å². The molecule has 0 fully saturated rings. The number of hydrogen-bond donors (Lipinski definition) is 1. The summed E-state index contributed by atoms with van der Waals surface area (Å²) in [5, 5.41) is 0.732. The molecule has 0 aliphatic rings. The Bertz CT molecular complexity index is 554. The van der Waals surface area contributed by atoms with Gasteiger partial charge in [0.2, 0.25) is 0 Å². The summed E-state index contributed by atoms with van der Waals surface area (Å²) in [5.41, 5.74) is 2.25. The number of nitrogens with zero attached hydrogens (tertiary/aromatic N) is 1. The van der Waals surface area contributed by atoms with Crippen molar-refractivity contribution >= 4 is 23.9 Å². The van der Waals surface area contributed by atoms with Crippen LogP contribution in [0, 0.1) is 13.8 Å². The van der Waals surface area contributed by atoms with Crippen molar-refractivity contribution < 1.29 is 9.59 Å². The van der Waals surface area contributed by atoms with Gasteiger partial charge in [0.25, 0.3) is 0 Å². The number of H-pyrrole nitrogens is 1. The van der Waals surface area contributed by atoms with E-state index in [0.29, 0.717) is 28.8 Å². The van der Waals surface area contributed by atoms with Crippen molar-refractivity contribution in [3.63, 3.8) is 0 Å². The molecule has 0 aromatic carbocycles. The van der Waals surface area contributed by atoms with Gasteiger partial charge < -0.3 is 4.98 Å². The molecule has 0 amide bonds. The predicted octanol–water partition coefficient (Wildman–Crippen LogP) is 2.38. The Morgan fingerprint density at radius 2 is 2.06 bits per heavy atom. The van der Waals surface area contributed by atoms with Crippen molar-refractivity contribution in [2.24, 2.45) is 0 Å². The molecule has 1 N–H and O–H groups in total. The Hall–Kier alpha value is -1.75. The van der Waals surface area contributed by atoms with Crippen LogP contribution in [0.5, 0.6) is 0 Å². The lowest BCUT2D eigenvalue weighted by Crippen LogP contribution is -1.85. The van der Waals surface area contributed by atoms with Crippen LogP contribution in [0.4, 0.5) is 0 Å². The highest BCUT2D eigenvalue weighted by Gasteiger charge is 2.16. The second-order valence-electron chi connectivity index (χ2n) is 3.46. The Morgan fingerprint density at radius 3 is 2.56 bits per heavy atom. The van der Waals surface area contributed by atoms with E-state index >= 15 is 0 Å². The Morgan fingerprint density at radius 1 is 1.31 bits per heavy atom. The molecule has 0 saturated heterocycles. The van der Waals surface area contributed by atoms with Gasteiger partial charge >= 0.3 is 0 Å². The van der Waals surface area contributed by atoms with Crippen molar-refractivity contribution in [3.05, 3.63) is 27.9 Å². The second kappa shape index (κ2) is 4.02. The standard InChI is InChI=1S/C11H10N2O2S/c1-6-3-12-11(16-6)10-8(4-14)7(2)9(5-15)13-10/h3-5,13H,1-2H3. The lowest BCUT2D eigenvalue weighted by atomic mass is 10.1. The van der Waals surface area contributed by atoms with Crippen molar-refractivity contribution in [3.8, 4) is 10.7 Å². The maximum atomic E-state index is 11.0. The molecule has 2 rings (SSSR count). The molecular weight excluding hydrogens is 224 g/mol. The van der Waals surface area contributed by atoms with Gasteiger partial charge in [0, 0.05) is 16.6 Å². The molecule has 0 saturated carbocycles. The molecule has 0 aliphatic carbocycles. The first-order valence-electron chi connectivity index (χ1n) is 4.73. The minimum absolute atomic E-state index is 0.435. The van der Waals surface area contributed by atoms with Crippen molar-refractivity contribution in [1.82, 2.24) is 9.97 Å². The average Bonchev–Trinajstić information content (AvgIpc) is 2.82.